The van der Waals surface area contributed by atoms with E-state index in [-0.39, 0.29) is 5.56 Å². The molecule has 0 unspecified atom stereocenters. The highest BCUT2D eigenvalue weighted by molar-refractivity contribution is 9.10. The molecule has 2 nitrogen and oxygen atoms in total. The smallest absolute Gasteiger partial charge is 0.265 e. The third kappa shape index (κ3) is 2.36. The van der Waals surface area contributed by atoms with Gasteiger partial charge in [0, 0.05) is 11.2 Å². The molecule has 1 aromatic heterocycles. The molecule has 0 aliphatic rings. The van der Waals surface area contributed by atoms with Crippen molar-refractivity contribution in [3.05, 3.63) is 68.0 Å². The van der Waals surface area contributed by atoms with Crippen molar-refractivity contribution >= 4 is 27.5 Å². The van der Waals surface area contributed by atoms with Crippen LogP contribution in [0.1, 0.15) is 5.56 Å². The predicted molar refractivity (Wildman–Crippen MR) is 69.0 cm³/mol. The summed E-state index contributed by atoms with van der Waals surface area (Å²) in [7, 11) is 0. The first kappa shape index (κ1) is 11.4. The van der Waals surface area contributed by atoms with E-state index in [2.05, 4.69) is 15.9 Å². The summed E-state index contributed by atoms with van der Waals surface area (Å²) >= 11 is 9.25. The predicted octanol–water partition coefficient (Wildman–Crippen LogP) is 3.31. The lowest BCUT2D eigenvalue weighted by atomic mass is 10.2. The highest BCUT2D eigenvalue weighted by Gasteiger charge is 2.03. The van der Waals surface area contributed by atoms with E-state index in [0.717, 1.165) is 5.56 Å². The van der Waals surface area contributed by atoms with Crippen LogP contribution in [-0.2, 0) is 6.54 Å². The molecule has 0 atom stereocenters. The zero-order chi connectivity index (χ0) is 11.5. The molecule has 4 heteroatoms. The van der Waals surface area contributed by atoms with E-state index in [1.54, 1.807) is 16.8 Å². The normalized spacial score (nSPS) is 10.4. The van der Waals surface area contributed by atoms with Crippen molar-refractivity contribution in [3.8, 4) is 0 Å². The lowest BCUT2D eigenvalue weighted by molar-refractivity contribution is 0.755. The number of rotatable bonds is 2. The van der Waals surface area contributed by atoms with E-state index in [1.807, 2.05) is 30.3 Å². The quantitative estimate of drug-likeness (QED) is 0.834. The second kappa shape index (κ2) is 4.85. The summed E-state index contributed by atoms with van der Waals surface area (Å²) in [5.74, 6) is 0. The Morgan fingerprint density at radius 1 is 1.19 bits per heavy atom. The number of benzene rings is 1. The minimum absolute atomic E-state index is 0.0533. The summed E-state index contributed by atoms with van der Waals surface area (Å²) in [6.45, 7) is 0.484. The maximum atomic E-state index is 11.8. The maximum Gasteiger partial charge on any atom is 0.265 e. The molecule has 1 heterocycles. The fourth-order valence-corrected chi connectivity index (χ4v) is 2.02. The van der Waals surface area contributed by atoms with Gasteiger partial charge in [-0.05, 0) is 39.7 Å². The second-order valence-electron chi connectivity index (χ2n) is 3.38. The Hall–Kier alpha value is -1.06. The first-order chi connectivity index (χ1) is 7.68. The second-order valence-corrected chi connectivity index (χ2v) is 4.64. The lowest BCUT2D eigenvalue weighted by Crippen LogP contribution is -2.20. The maximum absolute atomic E-state index is 11.8. The van der Waals surface area contributed by atoms with Crippen molar-refractivity contribution in [2.45, 2.75) is 6.54 Å². The van der Waals surface area contributed by atoms with Crippen molar-refractivity contribution in [2.24, 2.45) is 0 Å². The standard InChI is InChI=1S/C12H9BrClNO/c13-10-5-3-7-15(12(10)16)8-9-4-1-2-6-11(9)14/h1-7H,8H2. The van der Waals surface area contributed by atoms with E-state index in [4.69, 9.17) is 11.6 Å². The largest absolute Gasteiger partial charge is 0.310 e. The SMILES string of the molecule is O=c1c(Br)cccn1Cc1ccccc1Cl. The van der Waals surface area contributed by atoms with Crippen LogP contribution in [0.15, 0.2) is 51.9 Å². The average molecular weight is 299 g/mol. The fourth-order valence-electron chi connectivity index (χ4n) is 1.44. The molecule has 0 amide bonds. The molecule has 2 rings (SSSR count). The minimum Gasteiger partial charge on any atom is -0.310 e. The Morgan fingerprint density at radius 2 is 1.94 bits per heavy atom. The van der Waals surface area contributed by atoms with Gasteiger partial charge in [0.15, 0.2) is 0 Å². The van der Waals surface area contributed by atoms with Crippen LogP contribution in [0.4, 0.5) is 0 Å². The molecular formula is C12H9BrClNO. The molecule has 1 aromatic carbocycles. The highest BCUT2D eigenvalue weighted by atomic mass is 79.9. The summed E-state index contributed by atoms with van der Waals surface area (Å²) < 4.78 is 2.17. The monoisotopic (exact) mass is 297 g/mol. The average Bonchev–Trinajstić information content (AvgIpc) is 2.28. The van der Waals surface area contributed by atoms with Gasteiger partial charge in [0.25, 0.3) is 5.56 Å². The van der Waals surface area contributed by atoms with Crippen LogP contribution in [0.5, 0.6) is 0 Å². The molecule has 0 bridgehead atoms. The Labute approximate surface area is 107 Å². The van der Waals surface area contributed by atoms with Gasteiger partial charge >= 0.3 is 0 Å². The molecule has 0 radical (unpaired) electrons. The first-order valence-electron chi connectivity index (χ1n) is 4.77. The van der Waals surface area contributed by atoms with Crippen LogP contribution in [0.25, 0.3) is 0 Å². The molecule has 0 aliphatic heterocycles. The van der Waals surface area contributed by atoms with Crippen LogP contribution in [-0.4, -0.2) is 4.57 Å². The molecule has 0 saturated carbocycles. The van der Waals surface area contributed by atoms with Crippen molar-refractivity contribution in [1.29, 1.82) is 0 Å². The van der Waals surface area contributed by atoms with Crippen LogP contribution in [0.2, 0.25) is 5.02 Å². The van der Waals surface area contributed by atoms with Crippen molar-refractivity contribution in [3.63, 3.8) is 0 Å². The molecule has 0 N–H and O–H groups in total. The molecule has 0 spiro atoms. The van der Waals surface area contributed by atoms with Crippen LogP contribution in [0.3, 0.4) is 0 Å². The summed E-state index contributed by atoms with van der Waals surface area (Å²) in [5.41, 5.74) is 0.881. The van der Waals surface area contributed by atoms with E-state index in [9.17, 15) is 4.79 Å². The first-order valence-corrected chi connectivity index (χ1v) is 5.94. The Morgan fingerprint density at radius 3 is 2.69 bits per heavy atom. The summed E-state index contributed by atoms with van der Waals surface area (Å²) in [4.78, 5) is 11.8. The topological polar surface area (TPSA) is 22.0 Å². The van der Waals surface area contributed by atoms with E-state index in [1.165, 1.54) is 0 Å². The molecule has 0 fully saturated rings. The van der Waals surface area contributed by atoms with Crippen molar-refractivity contribution < 1.29 is 0 Å². The van der Waals surface area contributed by atoms with Crippen molar-refractivity contribution in [1.82, 2.24) is 4.57 Å². The van der Waals surface area contributed by atoms with Gasteiger partial charge in [-0.1, -0.05) is 29.8 Å². The molecular weight excluding hydrogens is 289 g/mol. The molecule has 82 valence electrons. The third-order valence-corrected chi connectivity index (χ3v) is 3.24. The van der Waals surface area contributed by atoms with Gasteiger partial charge in [0.2, 0.25) is 0 Å². The minimum atomic E-state index is -0.0533. The van der Waals surface area contributed by atoms with Crippen LogP contribution < -0.4 is 5.56 Å². The number of aromatic nitrogens is 1. The van der Waals surface area contributed by atoms with E-state index < -0.39 is 0 Å². The van der Waals surface area contributed by atoms with Crippen LogP contribution >= 0.6 is 27.5 Å². The Bertz CT molecular complexity index is 565. The zero-order valence-corrected chi connectivity index (χ0v) is 10.7. The Balaban J connectivity index is 2.39. The number of hydrogen-bond donors (Lipinski definition) is 0. The molecule has 16 heavy (non-hydrogen) atoms. The van der Waals surface area contributed by atoms with Gasteiger partial charge in [-0.15, -0.1) is 0 Å². The number of nitrogens with zero attached hydrogens (tertiary/aromatic N) is 1. The van der Waals surface area contributed by atoms with Gasteiger partial charge in [0.05, 0.1) is 11.0 Å². The zero-order valence-electron chi connectivity index (χ0n) is 8.36. The number of halogens is 2. The third-order valence-electron chi connectivity index (χ3n) is 2.27. The molecule has 2 aromatic rings. The van der Waals surface area contributed by atoms with Gasteiger partial charge < -0.3 is 4.57 Å². The van der Waals surface area contributed by atoms with Crippen molar-refractivity contribution in [2.75, 3.05) is 0 Å². The molecule has 0 aliphatic carbocycles. The molecule has 0 saturated heterocycles. The summed E-state index contributed by atoms with van der Waals surface area (Å²) in [6.07, 6.45) is 1.75. The Kier molecular flexibility index (Phi) is 3.46. The van der Waals surface area contributed by atoms with E-state index in [0.29, 0.717) is 16.0 Å². The summed E-state index contributed by atoms with van der Waals surface area (Å²) in [6, 6.07) is 11.1. The van der Waals surface area contributed by atoms with Gasteiger partial charge in [-0.25, -0.2) is 0 Å². The fraction of sp³-hybridized carbons (Fsp3) is 0.0833. The lowest BCUT2D eigenvalue weighted by Gasteiger charge is -2.07. The van der Waals surface area contributed by atoms with Gasteiger partial charge in [-0.2, -0.15) is 0 Å². The van der Waals surface area contributed by atoms with E-state index >= 15 is 0 Å². The number of hydrogen-bond acceptors (Lipinski definition) is 1. The van der Waals surface area contributed by atoms with Gasteiger partial charge in [-0.3, -0.25) is 4.79 Å². The van der Waals surface area contributed by atoms with Crippen LogP contribution in [0, 0.1) is 0 Å². The number of pyridine rings is 1. The summed E-state index contributed by atoms with van der Waals surface area (Å²) in [5, 5.41) is 0.675. The van der Waals surface area contributed by atoms with Gasteiger partial charge in [0.1, 0.15) is 0 Å². The highest BCUT2D eigenvalue weighted by Crippen LogP contribution is 2.15.